The smallest absolute Gasteiger partial charge is 0.408 e. The summed E-state index contributed by atoms with van der Waals surface area (Å²) >= 11 is 0. The zero-order valence-corrected chi connectivity index (χ0v) is 11.1. The Kier molecular flexibility index (Phi) is 5.78. The van der Waals surface area contributed by atoms with Crippen molar-refractivity contribution < 1.29 is 14.3 Å². The Labute approximate surface area is 112 Å². The minimum atomic E-state index is -0.712. The number of nitrogens with one attached hydrogen (secondary N) is 1. The van der Waals surface area contributed by atoms with Gasteiger partial charge in [-0.05, 0) is 24.5 Å². The number of carbonyl (C=O) groups is 2. The molecule has 19 heavy (non-hydrogen) atoms. The van der Waals surface area contributed by atoms with Crippen LogP contribution in [0.2, 0.25) is 0 Å². The Balaban J connectivity index is 2.42. The Hall–Kier alpha value is -2.11. The number of pyridine rings is 1. The van der Waals surface area contributed by atoms with Crippen LogP contribution in [0.4, 0.5) is 4.79 Å². The first-order valence-corrected chi connectivity index (χ1v) is 6.11. The van der Waals surface area contributed by atoms with E-state index >= 15 is 0 Å². The van der Waals surface area contributed by atoms with Crippen LogP contribution < -0.4 is 11.1 Å². The van der Waals surface area contributed by atoms with Gasteiger partial charge in [-0.2, -0.15) is 0 Å². The van der Waals surface area contributed by atoms with Crippen molar-refractivity contribution in [2.75, 3.05) is 0 Å². The van der Waals surface area contributed by atoms with E-state index in [9.17, 15) is 9.59 Å². The molecule has 104 valence electrons. The largest absolute Gasteiger partial charge is 0.443 e. The van der Waals surface area contributed by atoms with Gasteiger partial charge in [-0.15, -0.1) is 0 Å². The summed E-state index contributed by atoms with van der Waals surface area (Å²) in [6.45, 7) is 3.94. The second kappa shape index (κ2) is 7.35. The second-order valence-corrected chi connectivity index (χ2v) is 4.63. The highest BCUT2D eigenvalue weighted by molar-refractivity contribution is 5.84. The van der Waals surface area contributed by atoms with Crippen LogP contribution in [-0.2, 0) is 16.1 Å². The number of primary amides is 1. The van der Waals surface area contributed by atoms with Gasteiger partial charge in [0.15, 0.2) is 0 Å². The summed E-state index contributed by atoms with van der Waals surface area (Å²) in [5.74, 6) is -0.322. The number of amides is 2. The van der Waals surface area contributed by atoms with E-state index in [0.717, 1.165) is 0 Å². The minimum absolute atomic E-state index is 0.0554. The number of carbonyl (C=O) groups excluding carboxylic acids is 2. The van der Waals surface area contributed by atoms with Crippen LogP contribution in [0.3, 0.4) is 0 Å². The van der Waals surface area contributed by atoms with E-state index < -0.39 is 18.0 Å². The van der Waals surface area contributed by atoms with Gasteiger partial charge >= 0.3 is 6.09 Å². The third kappa shape index (κ3) is 5.85. The number of aromatic nitrogens is 1. The fourth-order valence-electron chi connectivity index (χ4n) is 1.52. The monoisotopic (exact) mass is 265 g/mol. The van der Waals surface area contributed by atoms with Crippen molar-refractivity contribution in [3.8, 4) is 0 Å². The lowest BCUT2D eigenvalue weighted by molar-refractivity contribution is -0.120. The number of alkyl carbamates (subject to hydrolysis) is 1. The van der Waals surface area contributed by atoms with Crippen molar-refractivity contribution in [2.45, 2.75) is 32.9 Å². The molecule has 0 bridgehead atoms. The first-order chi connectivity index (χ1) is 8.99. The van der Waals surface area contributed by atoms with Crippen LogP contribution >= 0.6 is 0 Å². The Bertz CT molecular complexity index is 420. The lowest BCUT2D eigenvalue weighted by Gasteiger charge is -2.17. The van der Waals surface area contributed by atoms with Crippen molar-refractivity contribution >= 4 is 12.0 Å². The van der Waals surface area contributed by atoms with Crippen molar-refractivity contribution in [3.05, 3.63) is 30.1 Å². The molecule has 6 heteroatoms. The third-order valence-electron chi connectivity index (χ3n) is 2.42. The molecule has 0 radical (unpaired) electrons. The van der Waals surface area contributed by atoms with E-state index in [1.165, 1.54) is 0 Å². The molecule has 0 aromatic carbocycles. The highest BCUT2D eigenvalue weighted by atomic mass is 16.5. The normalized spacial score (nSPS) is 11.9. The molecule has 1 aromatic rings. The molecule has 2 amide bonds. The predicted molar refractivity (Wildman–Crippen MR) is 70.0 cm³/mol. The van der Waals surface area contributed by atoms with E-state index in [1.807, 2.05) is 13.8 Å². The maximum absolute atomic E-state index is 11.5. The Morgan fingerprint density at radius 2 is 2.16 bits per heavy atom. The molecule has 0 spiro atoms. The van der Waals surface area contributed by atoms with Gasteiger partial charge in [-0.3, -0.25) is 9.78 Å². The van der Waals surface area contributed by atoms with Gasteiger partial charge in [0.1, 0.15) is 12.6 Å². The van der Waals surface area contributed by atoms with Crippen LogP contribution in [0, 0.1) is 5.92 Å². The van der Waals surface area contributed by atoms with Crippen molar-refractivity contribution in [2.24, 2.45) is 11.7 Å². The van der Waals surface area contributed by atoms with Crippen LogP contribution in [0.1, 0.15) is 26.0 Å². The van der Waals surface area contributed by atoms with Crippen LogP contribution in [0.25, 0.3) is 0 Å². The average Bonchev–Trinajstić information content (AvgIpc) is 2.36. The van der Waals surface area contributed by atoms with Crippen LogP contribution in [0.15, 0.2) is 24.4 Å². The van der Waals surface area contributed by atoms with E-state index in [1.54, 1.807) is 24.4 Å². The van der Waals surface area contributed by atoms with Gasteiger partial charge in [0.05, 0.1) is 5.69 Å². The molecule has 0 saturated carbocycles. The van der Waals surface area contributed by atoms with Gasteiger partial charge in [-0.25, -0.2) is 4.79 Å². The molecule has 1 heterocycles. The third-order valence-corrected chi connectivity index (χ3v) is 2.42. The molecular weight excluding hydrogens is 246 g/mol. The number of nitrogens with two attached hydrogens (primary N) is 1. The lowest BCUT2D eigenvalue weighted by Crippen LogP contribution is -2.45. The van der Waals surface area contributed by atoms with E-state index in [0.29, 0.717) is 12.1 Å². The molecule has 0 unspecified atom stereocenters. The molecule has 0 saturated heterocycles. The topological polar surface area (TPSA) is 94.3 Å². The maximum Gasteiger partial charge on any atom is 0.408 e. The van der Waals surface area contributed by atoms with Crippen molar-refractivity contribution in [1.82, 2.24) is 10.3 Å². The first-order valence-electron chi connectivity index (χ1n) is 6.11. The Morgan fingerprint density at radius 3 is 2.68 bits per heavy atom. The minimum Gasteiger partial charge on any atom is -0.443 e. The number of hydrogen-bond acceptors (Lipinski definition) is 4. The molecule has 0 aliphatic heterocycles. The molecular formula is C13H19N3O3. The molecule has 1 atom stereocenters. The van der Waals surface area contributed by atoms with Crippen LogP contribution in [-0.4, -0.2) is 23.0 Å². The molecule has 0 aliphatic carbocycles. The summed E-state index contributed by atoms with van der Waals surface area (Å²) in [7, 11) is 0. The molecule has 1 rings (SSSR count). The summed E-state index contributed by atoms with van der Waals surface area (Å²) in [5, 5.41) is 2.45. The van der Waals surface area contributed by atoms with Gasteiger partial charge in [0.25, 0.3) is 0 Å². The van der Waals surface area contributed by atoms with E-state index in [-0.39, 0.29) is 12.5 Å². The van der Waals surface area contributed by atoms with Gasteiger partial charge in [-0.1, -0.05) is 19.9 Å². The number of rotatable bonds is 6. The lowest BCUT2D eigenvalue weighted by atomic mass is 10.0. The molecule has 1 aromatic heterocycles. The SMILES string of the molecule is CC(C)C[C@H](NC(=O)OCc1ccccn1)C(N)=O. The summed E-state index contributed by atoms with van der Waals surface area (Å²) in [6, 6.07) is 4.60. The quantitative estimate of drug-likeness (QED) is 0.808. The fraction of sp³-hybridized carbons (Fsp3) is 0.462. The predicted octanol–water partition coefficient (Wildman–Crippen LogP) is 1.21. The van der Waals surface area contributed by atoms with E-state index in [2.05, 4.69) is 10.3 Å². The highest BCUT2D eigenvalue weighted by Gasteiger charge is 2.19. The molecule has 3 N–H and O–H groups in total. The zero-order chi connectivity index (χ0) is 14.3. The average molecular weight is 265 g/mol. The fourth-order valence-corrected chi connectivity index (χ4v) is 1.52. The van der Waals surface area contributed by atoms with Crippen LogP contribution in [0.5, 0.6) is 0 Å². The maximum atomic E-state index is 11.5. The second-order valence-electron chi connectivity index (χ2n) is 4.63. The zero-order valence-electron chi connectivity index (χ0n) is 11.1. The molecule has 6 nitrogen and oxygen atoms in total. The standard InChI is InChI=1S/C13H19N3O3/c1-9(2)7-11(12(14)17)16-13(18)19-8-10-5-3-4-6-15-10/h3-6,9,11H,7-8H2,1-2H3,(H2,14,17)(H,16,18)/t11-/m0/s1. The van der Waals surface area contributed by atoms with Gasteiger partial charge < -0.3 is 15.8 Å². The molecule has 0 aliphatic rings. The van der Waals surface area contributed by atoms with Crippen molar-refractivity contribution in [3.63, 3.8) is 0 Å². The number of ether oxygens (including phenoxy) is 1. The van der Waals surface area contributed by atoms with Gasteiger partial charge in [0, 0.05) is 6.20 Å². The summed E-state index contributed by atoms with van der Waals surface area (Å²) < 4.78 is 4.97. The molecule has 0 fully saturated rings. The van der Waals surface area contributed by atoms with E-state index in [4.69, 9.17) is 10.5 Å². The summed E-state index contributed by atoms with van der Waals surface area (Å²) in [5.41, 5.74) is 5.86. The van der Waals surface area contributed by atoms with Gasteiger partial charge in [0.2, 0.25) is 5.91 Å². The van der Waals surface area contributed by atoms with Crippen molar-refractivity contribution in [1.29, 1.82) is 0 Å². The first kappa shape index (κ1) is 14.9. The summed E-state index contributed by atoms with van der Waals surface area (Å²) in [4.78, 5) is 26.7. The number of hydrogen-bond donors (Lipinski definition) is 2. The number of nitrogens with zero attached hydrogens (tertiary/aromatic N) is 1. The Morgan fingerprint density at radius 1 is 1.42 bits per heavy atom. The highest BCUT2D eigenvalue weighted by Crippen LogP contribution is 2.05. The summed E-state index contributed by atoms with van der Waals surface area (Å²) in [6.07, 6.45) is 1.42.